The third-order valence-electron chi connectivity index (χ3n) is 3.19. The molecular formula is C16H18BrClN2O. The summed E-state index contributed by atoms with van der Waals surface area (Å²) in [6.07, 6.45) is 0. The molecule has 0 aliphatic rings. The van der Waals surface area contributed by atoms with Crippen LogP contribution in [0.25, 0.3) is 0 Å². The zero-order valence-corrected chi connectivity index (χ0v) is 14.6. The number of rotatable bonds is 5. The molecule has 0 fully saturated rings. The van der Waals surface area contributed by atoms with Gasteiger partial charge in [-0.2, -0.15) is 0 Å². The minimum atomic E-state index is 0.597. The largest absolute Gasteiger partial charge is 0.496 e. The Bertz CT molecular complexity index is 632. The van der Waals surface area contributed by atoms with E-state index in [9.17, 15) is 0 Å². The van der Waals surface area contributed by atoms with Gasteiger partial charge in [-0.05, 0) is 30.3 Å². The van der Waals surface area contributed by atoms with Crippen molar-refractivity contribution in [3.63, 3.8) is 0 Å². The summed E-state index contributed by atoms with van der Waals surface area (Å²) >= 11 is 9.77. The van der Waals surface area contributed by atoms with E-state index in [1.54, 1.807) is 7.11 Å². The number of hydrogen-bond acceptors (Lipinski definition) is 3. The topological polar surface area (TPSA) is 24.5 Å². The van der Waals surface area contributed by atoms with E-state index in [1.807, 2.05) is 38.4 Å². The first-order valence-corrected chi connectivity index (χ1v) is 7.72. The van der Waals surface area contributed by atoms with Crippen LogP contribution in [-0.2, 0) is 6.54 Å². The zero-order valence-electron chi connectivity index (χ0n) is 12.3. The first-order valence-electron chi connectivity index (χ1n) is 6.55. The molecule has 0 heterocycles. The molecule has 2 aromatic carbocycles. The summed E-state index contributed by atoms with van der Waals surface area (Å²) in [5.41, 5.74) is 3.10. The summed E-state index contributed by atoms with van der Waals surface area (Å²) in [5.74, 6) is 0.788. The Morgan fingerprint density at radius 3 is 2.67 bits per heavy atom. The van der Waals surface area contributed by atoms with Crippen LogP contribution in [0.3, 0.4) is 0 Å². The summed E-state index contributed by atoms with van der Waals surface area (Å²) in [5, 5.41) is 4.13. The van der Waals surface area contributed by atoms with Gasteiger partial charge in [0.15, 0.2) is 0 Å². The van der Waals surface area contributed by atoms with Gasteiger partial charge in [0, 0.05) is 35.7 Å². The van der Waals surface area contributed by atoms with E-state index in [0.29, 0.717) is 11.6 Å². The van der Waals surface area contributed by atoms with E-state index in [1.165, 1.54) is 0 Å². The van der Waals surface area contributed by atoms with Gasteiger partial charge < -0.3 is 15.0 Å². The number of halogens is 2. The molecule has 0 radical (unpaired) electrons. The summed E-state index contributed by atoms with van der Waals surface area (Å²) in [6, 6.07) is 11.8. The fourth-order valence-electron chi connectivity index (χ4n) is 2.13. The molecule has 0 saturated carbocycles. The molecule has 0 saturated heterocycles. The van der Waals surface area contributed by atoms with Crippen molar-refractivity contribution in [1.82, 2.24) is 0 Å². The monoisotopic (exact) mass is 368 g/mol. The molecule has 0 unspecified atom stereocenters. The standard InChI is InChI=1S/C16H18BrClN2O/c1-20(2)15-8-7-11(17)9-14(15)19-10-12-13(18)5-4-6-16(12)21-3/h4-9,19H,10H2,1-3H3. The Kier molecular flexibility index (Phi) is 5.37. The molecule has 0 atom stereocenters. The van der Waals surface area contributed by atoms with Crippen molar-refractivity contribution in [2.45, 2.75) is 6.54 Å². The van der Waals surface area contributed by atoms with Crippen LogP contribution in [-0.4, -0.2) is 21.2 Å². The van der Waals surface area contributed by atoms with Crippen LogP contribution in [0.15, 0.2) is 40.9 Å². The molecule has 112 valence electrons. The summed E-state index contributed by atoms with van der Waals surface area (Å²) in [6.45, 7) is 0.597. The predicted molar refractivity (Wildman–Crippen MR) is 93.8 cm³/mol. The Labute approximate surface area is 139 Å². The summed E-state index contributed by atoms with van der Waals surface area (Å²) < 4.78 is 6.40. The fraction of sp³-hybridized carbons (Fsp3) is 0.250. The van der Waals surface area contributed by atoms with Crippen molar-refractivity contribution < 1.29 is 4.74 Å². The highest BCUT2D eigenvalue weighted by Crippen LogP contribution is 2.31. The van der Waals surface area contributed by atoms with E-state index < -0.39 is 0 Å². The van der Waals surface area contributed by atoms with Crippen molar-refractivity contribution in [3.05, 3.63) is 51.5 Å². The number of nitrogens with one attached hydrogen (secondary N) is 1. The van der Waals surface area contributed by atoms with Gasteiger partial charge in [-0.1, -0.05) is 33.6 Å². The minimum absolute atomic E-state index is 0.597. The second kappa shape index (κ2) is 7.05. The third kappa shape index (κ3) is 3.83. The molecule has 5 heteroatoms. The Morgan fingerprint density at radius 1 is 1.24 bits per heavy atom. The van der Waals surface area contributed by atoms with Crippen molar-refractivity contribution in [2.75, 3.05) is 31.4 Å². The Balaban J connectivity index is 2.26. The van der Waals surface area contributed by atoms with Gasteiger partial charge in [-0.3, -0.25) is 0 Å². The highest BCUT2D eigenvalue weighted by Gasteiger charge is 2.10. The molecule has 2 aromatic rings. The molecule has 0 amide bonds. The number of nitrogens with zero attached hydrogens (tertiary/aromatic N) is 1. The molecule has 1 N–H and O–H groups in total. The van der Waals surface area contributed by atoms with E-state index >= 15 is 0 Å². The summed E-state index contributed by atoms with van der Waals surface area (Å²) in [4.78, 5) is 2.07. The molecule has 0 bridgehead atoms. The lowest BCUT2D eigenvalue weighted by Crippen LogP contribution is -2.12. The van der Waals surface area contributed by atoms with Crippen molar-refractivity contribution in [2.24, 2.45) is 0 Å². The van der Waals surface area contributed by atoms with Gasteiger partial charge in [0.2, 0.25) is 0 Å². The number of benzene rings is 2. The van der Waals surface area contributed by atoms with E-state index in [2.05, 4.69) is 38.3 Å². The third-order valence-corrected chi connectivity index (χ3v) is 4.04. The minimum Gasteiger partial charge on any atom is -0.496 e. The SMILES string of the molecule is COc1cccc(Cl)c1CNc1cc(Br)ccc1N(C)C. The van der Waals surface area contributed by atoms with Crippen LogP contribution in [0.2, 0.25) is 5.02 Å². The number of hydrogen-bond donors (Lipinski definition) is 1. The van der Waals surface area contributed by atoms with Crippen LogP contribution >= 0.6 is 27.5 Å². The van der Waals surface area contributed by atoms with E-state index in [4.69, 9.17) is 16.3 Å². The average molecular weight is 370 g/mol. The maximum absolute atomic E-state index is 6.27. The second-order valence-electron chi connectivity index (χ2n) is 4.83. The van der Waals surface area contributed by atoms with Gasteiger partial charge in [0.05, 0.1) is 18.5 Å². The van der Waals surface area contributed by atoms with Gasteiger partial charge in [0.1, 0.15) is 5.75 Å². The molecule has 0 aliphatic heterocycles. The lowest BCUT2D eigenvalue weighted by molar-refractivity contribution is 0.410. The summed E-state index contributed by atoms with van der Waals surface area (Å²) in [7, 11) is 5.69. The van der Waals surface area contributed by atoms with Crippen molar-refractivity contribution in [3.8, 4) is 5.75 Å². The van der Waals surface area contributed by atoms with E-state index in [-0.39, 0.29) is 0 Å². The molecule has 0 aromatic heterocycles. The maximum Gasteiger partial charge on any atom is 0.125 e. The molecule has 21 heavy (non-hydrogen) atoms. The molecular weight excluding hydrogens is 352 g/mol. The quantitative estimate of drug-likeness (QED) is 0.820. The Hall–Kier alpha value is -1.39. The highest BCUT2D eigenvalue weighted by molar-refractivity contribution is 9.10. The zero-order chi connectivity index (χ0) is 15.4. The Morgan fingerprint density at radius 2 is 2.00 bits per heavy atom. The van der Waals surface area contributed by atoms with Gasteiger partial charge in [-0.25, -0.2) is 0 Å². The molecule has 0 spiro atoms. The molecule has 0 aliphatic carbocycles. The first kappa shape index (κ1) is 16.0. The van der Waals surface area contributed by atoms with Gasteiger partial charge in [-0.15, -0.1) is 0 Å². The fourth-order valence-corrected chi connectivity index (χ4v) is 2.72. The lowest BCUT2D eigenvalue weighted by atomic mass is 10.2. The lowest BCUT2D eigenvalue weighted by Gasteiger charge is -2.20. The first-order chi connectivity index (χ1) is 10.0. The van der Waals surface area contributed by atoms with Gasteiger partial charge in [0.25, 0.3) is 0 Å². The smallest absolute Gasteiger partial charge is 0.125 e. The predicted octanol–water partition coefficient (Wildman–Crippen LogP) is 4.79. The maximum atomic E-state index is 6.27. The van der Waals surface area contributed by atoms with Crippen LogP contribution in [0.1, 0.15) is 5.56 Å². The molecule has 3 nitrogen and oxygen atoms in total. The van der Waals surface area contributed by atoms with Crippen LogP contribution in [0.4, 0.5) is 11.4 Å². The van der Waals surface area contributed by atoms with Crippen molar-refractivity contribution >= 4 is 38.9 Å². The second-order valence-corrected chi connectivity index (χ2v) is 6.15. The van der Waals surface area contributed by atoms with Crippen molar-refractivity contribution in [1.29, 1.82) is 0 Å². The average Bonchev–Trinajstić information content (AvgIpc) is 2.45. The number of ether oxygens (including phenoxy) is 1. The number of methoxy groups -OCH3 is 1. The molecule has 2 rings (SSSR count). The van der Waals surface area contributed by atoms with E-state index in [0.717, 1.165) is 27.2 Å². The number of anilines is 2. The van der Waals surface area contributed by atoms with Crippen LogP contribution in [0.5, 0.6) is 5.75 Å². The van der Waals surface area contributed by atoms with Crippen LogP contribution < -0.4 is 15.0 Å². The normalized spacial score (nSPS) is 10.3. The van der Waals surface area contributed by atoms with Gasteiger partial charge >= 0.3 is 0 Å². The van der Waals surface area contributed by atoms with Crippen LogP contribution in [0, 0.1) is 0 Å². The highest BCUT2D eigenvalue weighted by atomic mass is 79.9.